The lowest BCUT2D eigenvalue weighted by Gasteiger charge is -2.34. The fourth-order valence-electron chi connectivity index (χ4n) is 2.65. The van der Waals surface area contributed by atoms with E-state index in [4.69, 9.17) is 0 Å². The number of carbonyl (C=O) groups is 1. The highest BCUT2D eigenvalue weighted by Gasteiger charge is 2.28. The number of allylic oxidation sites excluding steroid dienone is 6. The van der Waals surface area contributed by atoms with Gasteiger partial charge in [0.25, 0.3) is 0 Å². The van der Waals surface area contributed by atoms with E-state index in [1.54, 1.807) is 24.4 Å². The van der Waals surface area contributed by atoms with Crippen molar-refractivity contribution >= 4 is 5.97 Å². The molecule has 0 aromatic heterocycles. The summed E-state index contributed by atoms with van der Waals surface area (Å²) in [7, 11) is 0. The van der Waals surface area contributed by atoms with Crippen molar-refractivity contribution in [2.24, 2.45) is 5.92 Å². The normalized spacial score (nSPS) is 18.9. The smallest absolute Gasteiger partial charge is 0.336 e. The van der Waals surface area contributed by atoms with Crippen LogP contribution in [0.3, 0.4) is 0 Å². The molecule has 1 rings (SSSR count). The molecule has 0 bridgehead atoms. The Morgan fingerprint density at radius 1 is 1.36 bits per heavy atom. The van der Waals surface area contributed by atoms with Gasteiger partial charge in [0.2, 0.25) is 0 Å². The third kappa shape index (κ3) is 3.19. The van der Waals surface area contributed by atoms with Gasteiger partial charge in [-0.25, -0.2) is 4.79 Å². The Kier molecular flexibility index (Phi) is 5.93. The molecule has 0 radical (unpaired) electrons. The number of nitrogens with zero attached hydrogens (tertiary/aromatic N) is 1. The highest BCUT2D eigenvalue weighted by Crippen LogP contribution is 2.36. The van der Waals surface area contributed by atoms with Crippen molar-refractivity contribution in [2.45, 2.75) is 20.8 Å². The van der Waals surface area contributed by atoms with Crippen LogP contribution in [0.2, 0.25) is 0 Å². The highest BCUT2D eigenvalue weighted by molar-refractivity contribution is 5.93. The van der Waals surface area contributed by atoms with Crippen LogP contribution in [0.4, 0.5) is 0 Å². The summed E-state index contributed by atoms with van der Waals surface area (Å²) in [6.45, 7) is 17.1. The van der Waals surface area contributed by atoms with Crippen LogP contribution >= 0.6 is 0 Å². The summed E-state index contributed by atoms with van der Waals surface area (Å²) in [5.74, 6) is -0.968. The topological polar surface area (TPSA) is 40.5 Å². The molecule has 22 heavy (non-hydrogen) atoms. The second-order valence-corrected chi connectivity index (χ2v) is 4.97. The van der Waals surface area contributed by atoms with Crippen molar-refractivity contribution in [2.75, 3.05) is 0 Å². The van der Waals surface area contributed by atoms with E-state index >= 15 is 0 Å². The van der Waals surface area contributed by atoms with Gasteiger partial charge in [-0.2, -0.15) is 0 Å². The van der Waals surface area contributed by atoms with Gasteiger partial charge < -0.3 is 10.0 Å². The van der Waals surface area contributed by atoms with Crippen molar-refractivity contribution in [1.29, 1.82) is 0 Å². The zero-order chi connectivity index (χ0) is 16.9. The van der Waals surface area contributed by atoms with Crippen molar-refractivity contribution < 1.29 is 9.90 Å². The lowest BCUT2D eigenvalue weighted by Crippen LogP contribution is -2.27. The lowest BCUT2D eigenvalue weighted by atomic mass is 9.88. The molecule has 1 heterocycles. The molecule has 0 fully saturated rings. The van der Waals surface area contributed by atoms with Gasteiger partial charge in [-0.15, -0.1) is 0 Å². The van der Waals surface area contributed by atoms with Gasteiger partial charge in [-0.1, -0.05) is 51.0 Å². The Morgan fingerprint density at radius 3 is 2.41 bits per heavy atom. The van der Waals surface area contributed by atoms with E-state index in [1.807, 2.05) is 37.8 Å². The molecule has 0 aromatic rings. The quantitative estimate of drug-likeness (QED) is 0.730. The first-order chi connectivity index (χ1) is 10.4. The summed E-state index contributed by atoms with van der Waals surface area (Å²) in [6, 6.07) is 0. The molecule has 0 saturated carbocycles. The number of hydrogen-bond donors (Lipinski definition) is 1. The van der Waals surface area contributed by atoms with Crippen molar-refractivity contribution in [3.05, 3.63) is 84.4 Å². The first kappa shape index (κ1) is 17.5. The van der Waals surface area contributed by atoms with E-state index in [1.165, 1.54) is 0 Å². The van der Waals surface area contributed by atoms with Crippen LogP contribution in [0.15, 0.2) is 84.4 Å². The highest BCUT2D eigenvalue weighted by atomic mass is 16.4. The van der Waals surface area contributed by atoms with Crippen LogP contribution in [0, 0.1) is 5.92 Å². The molecule has 0 aliphatic carbocycles. The average molecular weight is 297 g/mol. The summed E-state index contributed by atoms with van der Waals surface area (Å²) < 4.78 is 0. The minimum Gasteiger partial charge on any atom is -0.478 e. The number of aliphatic carboxylic acids is 1. The van der Waals surface area contributed by atoms with Crippen LogP contribution in [-0.4, -0.2) is 16.0 Å². The molecular formula is C19H23NO2. The van der Waals surface area contributed by atoms with Crippen molar-refractivity contribution in [3.8, 4) is 0 Å². The molecule has 0 amide bonds. The minimum absolute atomic E-state index is 0.0356. The fraction of sp³-hybridized carbons (Fsp3) is 0.211. The van der Waals surface area contributed by atoms with E-state index in [2.05, 4.69) is 19.7 Å². The van der Waals surface area contributed by atoms with E-state index in [0.717, 1.165) is 22.5 Å². The van der Waals surface area contributed by atoms with Crippen LogP contribution in [-0.2, 0) is 4.79 Å². The van der Waals surface area contributed by atoms with E-state index < -0.39 is 5.97 Å². The Bertz CT molecular complexity index is 630. The summed E-state index contributed by atoms with van der Waals surface area (Å²) in [5, 5.41) is 9.45. The summed E-state index contributed by atoms with van der Waals surface area (Å²) in [6.07, 6.45) is 10.6. The third-order valence-electron chi connectivity index (χ3n) is 3.78. The molecule has 1 aliphatic heterocycles. The summed E-state index contributed by atoms with van der Waals surface area (Å²) in [5.41, 5.74) is 3.67. The lowest BCUT2D eigenvalue weighted by molar-refractivity contribution is -0.132. The van der Waals surface area contributed by atoms with Gasteiger partial charge in [-0.3, -0.25) is 0 Å². The molecule has 0 spiro atoms. The van der Waals surface area contributed by atoms with Gasteiger partial charge >= 0.3 is 5.97 Å². The molecule has 116 valence electrons. The monoisotopic (exact) mass is 297 g/mol. The Labute approximate surface area is 132 Å². The number of carboxylic acids is 1. The first-order valence-corrected chi connectivity index (χ1v) is 7.12. The first-order valence-electron chi connectivity index (χ1n) is 7.12. The van der Waals surface area contributed by atoms with Crippen LogP contribution in [0.25, 0.3) is 0 Å². The second kappa shape index (κ2) is 7.46. The van der Waals surface area contributed by atoms with Crippen LogP contribution < -0.4 is 0 Å². The van der Waals surface area contributed by atoms with Gasteiger partial charge in [0, 0.05) is 23.5 Å². The second-order valence-electron chi connectivity index (χ2n) is 4.97. The van der Waals surface area contributed by atoms with Crippen molar-refractivity contribution in [1.82, 2.24) is 4.90 Å². The maximum atomic E-state index is 11.5. The van der Waals surface area contributed by atoms with Crippen molar-refractivity contribution in [3.63, 3.8) is 0 Å². The standard InChI is InChI=1S/C19H23NO2/c1-7-11-15(8-2)13(5)18-14(6)17(19(21)22)12-16(9-3)20(18)10-4/h7-13H,1-2,4H2,3,5-6H3,(H,21,22)/b15-11+,16-9-. The Morgan fingerprint density at radius 2 is 2.00 bits per heavy atom. The van der Waals surface area contributed by atoms with Crippen LogP contribution in [0.5, 0.6) is 0 Å². The van der Waals surface area contributed by atoms with Gasteiger partial charge in [0.15, 0.2) is 0 Å². The maximum absolute atomic E-state index is 11.5. The molecular weight excluding hydrogens is 274 g/mol. The zero-order valence-electron chi connectivity index (χ0n) is 13.5. The SMILES string of the molecule is C=C/C=C(\C=C)C(C)C1=C(C)C(C(=O)O)=C/C(=C/C)N1C=C. The number of carboxylic acid groups (broad SMARTS) is 1. The van der Waals surface area contributed by atoms with Gasteiger partial charge in [0.05, 0.1) is 5.57 Å². The third-order valence-corrected chi connectivity index (χ3v) is 3.78. The Hall–Kier alpha value is -2.55. The average Bonchev–Trinajstić information content (AvgIpc) is 2.50. The van der Waals surface area contributed by atoms with E-state index in [9.17, 15) is 9.90 Å². The fourth-order valence-corrected chi connectivity index (χ4v) is 2.65. The Balaban J connectivity index is 3.58. The molecule has 1 unspecified atom stereocenters. The molecule has 1 aliphatic rings. The molecule has 0 aromatic carbocycles. The van der Waals surface area contributed by atoms with Gasteiger partial charge in [0.1, 0.15) is 0 Å². The maximum Gasteiger partial charge on any atom is 0.336 e. The molecule has 3 nitrogen and oxygen atoms in total. The molecule has 3 heteroatoms. The summed E-state index contributed by atoms with van der Waals surface area (Å²) in [4.78, 5) is 13.5. The van der Waals surface area contributed by atoms with E-state index in [0.29, 0.717) is 5.57 Å². The largest absolute Gasteiger partial charge is 0.478 e. The predicted octanol–water partition coefficient (Wildman–Crippen LogP) is 4.57. The van der Waals surface area contributed by atoms with Gasteiger partial charge in [-0.05, 0) is 31.1 Å². The zero-order valence-corrected chi connectivity index (χ0v) is 13.5. The molecule has 1 atom stereocenters. The molecule has 0 saturated heterocycles. The van der Waals surface area contributed by atoms with E-state index in [-0.39, 0.29) is 5.92 Å². The number of hydrogen-bond acceptors (Lipinski definition) is 2. The molecule has 1 N–H and O–H groups in total. The summed E-state index contributed by atoms with van der Waals surface area (Å²) >= 11 is 0. The van der Waals surface area contributed by atoms with Crippen LogP contribution in [0.1, 0.15) is 20.8 Å². The predicted molar refractivity (Wildman–Crippen MR) is 91.9 cm³/mol. The number of rotatable bonds is 6. The minimum atomic E-state index is -0.932.